The molecule has 4 aliphatic rings. The van der Waals surface area contributed by atoms with Crippen molar-refractivity contribution < 1.29 is 28.1 Å². The van der Waals surface area contributed by atoms with E-state index in [4.69, 9.17) is 39.9 Å². The predicted octanol–water partition coefficient (Wildman–Crippen LogP) is 5.49. The van der Waals surface area contributed by atoms with Gasteiger partial charge in [0.15, 0.2) is 0 Å². The van der Waals surface area contributed by atoms with Crippen LogP contribution >= 0.6 is 11.6 Å². The molecule has 0 unspecified atom stereocenters. The van der Waals surface area contributed by atoms with Crippen molar-refractivity contribution in [1.29, 1.82) is 0 Å². The molecule has 3 aliphatic heterocycles. The van der Waals surface area contributed by atoms with Crippen molar-refractivity contribution in [3.63, 3.8) is 0 Å². The highest BCUT2D eigenvalue weighted by Crippen LogP contribution is 2.41. The number of benzene rings is 1. The number of pyridine rings is 1. The fourth-order valence-corrected chi connectivity index (χ4v) is 6.73. The Bertz CT molecular complexity index is 1510. The Balaban J connectivity index is 1.44. The van der Waals surface area contributed by atoms with Gasteiger partial charge in [-0.15, -0.1) is 0 Å². The summed E-state index contributed by atoms with van der Waals surface area (Å²) in [5.41, 5.74) is 6.57. The lowest BCUT2D eigenvalue weighted by atomic mass is 9.75. The van der Waals surface area contributed by atoms with Crippen molar-refractivity contribution in [2.75, 3.05) is 19.7 Å². The molecule has 0 bridgehead atoms. The van der Waals surface area contributed by atoms with Crippen LogP contribution in [0, 0.1) is 0 Å². The molecule has 8 nitrogen and oxygen atoms in total. The van der Waals surface area contributed by atoms with Gasteiger partial charge in [0.2, 0.25) is 0 Å². The Hall–Kier alpha value is -2.36. The van der Waals surface area contributed by atoms with E-state index in [9.17, 15) is 4.79 Å². The van der Waals surface area contributed by atoms with E-state index in [1.807, 2.05) is 40.8 Å². The summed E-state index contributed by atoms with van der Waals surface area (Å²) in [7, 11) is -1.09. The van der Waals surface area contributed by atoms with E-state index in [1.54, 1.807) is 4.90 Å². The number of hydrogen-bond acceptors (Lipinski definition) is 7. The fraction of sp³-hybridized carbons (Fsp3) is 0.588. The van der Waals surface area contributed by atoms with Crippen molar-refractivity contribution in [2.24, 2.45) is 0 Å². The average Bonchev–Trinajstić information content (AvgIpc) is 3.24. The number of likely N-dealkylation sites (tertiary alicyclic amines) is 1. The number of aryl methyl sites for hydroxylation is 2. The highest BCUT2D eigenvalue weighted by Gasteiger charge is 2.53. The van der Waals surface area contributed by atoms with Crippen molar-refractivity contribution >= 4 is 48.4 Å². The molecule has 1 amide bonds. The van der Waals surface area contributed by atoms with Crippen LogP contribution in [0.15, 0.2) is 30.0 Å². The predicted molar refractivity (Wildman–Crippen MR) is 178 cm³/mol. The number of piperidine rings is 1. The van der Waals surface area contributed by atoms with Crippen LogP contribution in [-0.4, -0.2) is 72.3 Å². The third-order valence-electron chi connectivity index (χ3n) is 10.7. The van der Waals surface area contributed by atoms with Gasteiger partial charge in [-0.2, -0.15) is 0 Å². The monoisotopic (exact) mass is 634 g/mol. The minimum Gasteiger partial charge on any atom is -0.450 e. The number of carbonyl (C=O) groups is 1. The van der Waals surface area contributed by atoms with Gasteiger partial charge in [0.05, 0.1) is 34.7 Å². The lowest BCUT2D eigenvalue weighted by Crippen LogP contribution is -2.41. The van der Waals surface area contributed by atoms with E-state index in [0.717, 1.165) is 64.6 Å². The second-order valence-electron chi connectivity index (χ2n) is 14.6. The van der Waals surface area contributed by atoms with Gasteiger partial charge in [-0.1, -0.05) is 29.3 Å². The number of fused-ring (bicyclic) bond motifs is 2. The molecule has 240 valence electrons. The zero-order valence-electron chi connectivity index (χ0n) is 28.1. The van der Waals surface area contributed by atoms with Gasteiger partial charge >= 0.3 is 20.3 Å². The lowest BCUT2D eigenvalue weighted by molar-refractivity contribution is 0.00578. The number of nitrogens with zero attached hydrogens (tertiary/aromatic N) is 2. The maximum atomic E-state index is 12.5. The van der Waals surface area contributed by atoms with Crippen LogP contribution in [0.25, 0.3) is 5.57 Å². The Labute approximate surface area is 273 Å². The maximum absolute atomic E-state index is 12.5. The Kier molecular flexibility index (Phi) is 8.26. The normalized spacial score (nSPS) is 23.1. The van der Waals surface area contributed by atoms with E-state index < -0.39 is 36.6 Å². The number of halogens is 1. The van der Waals surface area contributed by atoms with Gasteiger partial charge < -0.3 is 28.3 Å². The zero-order chi connectivity index (χ0) is 32.5. The van der Waals surface area contributed by atoms with Crippen LogP contribution in [0.1, 0.15) is 97.5 Å². The van der Waals surface area contributed by atoms with Crippen LogP contribution in [-0.2, 0) is 36.2 Å². The first kappa shape index (κ1) is 32.6. The molecule has 0 spiro atoms. The Morgan fingerprint density at radius 1 is 0.844 bits per heavy atom. The van der Waals surface area contributed by atoms with E-state index >= 15 is 0 Å². The molecule has 0 radical (unpaired) electrons. The van der Waals surface area contributed by atoms with Crippen molar-refractivity contribution in [3.05, 3.63) is 57.4 Å². The molecule has 4 heterocycles. The van der Waals surface area contributed by atoms with Crippen LogP contribution in [0.4, 0.5) is 4.79 Å². The lowest BCUT2D eigenvalue weighted by Gasteiger charge is -2.32. The van der Waals surface area contributed by atoms with Crippen LogP contribution in [0.2, 0.25) is 5.02 Å². The molecular formula is C34H45B2ClN2O6. The topological polar surface area (TPSA) is 79.4 Å². The summed E-state index contributed by atoms with van der Waals surface area (Å²) in [5, 5.41) is 0.630. The van der Waals surface area contributed by atoms with E-state index in [1.165, 1.54) is 5.57 Å². The Morgan fingerprint density at radius 2 is 1.40 bits per heavy atom. The van der Waals surface area contributed by atoms with Gasteiger partial charge in [-0.3, -0.25) is 4.98 Å². The third kappa shape index (κ3) is 5.75. The molecule has 0 atom stereocenters. The largest absolute Gasteiger partial charge is 0.496 e. The van der Waals surface area contributed by atoms with Gasteiger partial charge in [0.25, 0.3) is 0 Å². The minimum absolute atomic E-state index is 0.261. The smallest absolute Gasteiger partial charge is 0.450 e. The van der Waals surface area contributed by atoms with E-state index in [-0.39, 0.29) is 6.09 Å². The number of hydrogen-bond donors (Lipinski definition) is 0. The van der Waals surface area contributed by atoms with Gasteiger partial charge in [0, 0.05) is 40.8 Å². The SMILES string of the molecule is CCOC(=O)N1CCC(=C2c3cc(B4OC(C)(C)C(C)(C)O4)c(Cl)cc3CCc3cc(B4OC(C)(C)C(C)(C)O4)cnc32)CC1. The average molecular weight is 635 g/mol. The molecule has 2 aromatic rings. The van der Waals surface area contributed by atoms with Crippen LogP contribution in [0.5, 0.6) is 0 Å². The molecule has 45 heavy (non-hydrogen) atoms. The Morgan fingerprint density at radius 3 is 1.98 bits per heavy atom. The highest BCUT2D eigenvalue weighted by molar-refractivity contribution is 6.65. The minimum atomic E-state index is -0.592. The first-order valence-electron chi connectivity index (χ1n) is 16.2. The van der Waals surface area contributed by atoms with Crippen molar-refractivity contribution in [2.45, 2.75) is 110 Å². The maximum Gasteiger partial charge on any atom is 0.496 e. The molecule has 1 aromatic heterocycles. The summed E-state index contributed by atoms with van der Waals surface area (Å²) in [5.74, 6) is 0. The second kappa shape index (κ2) is 11.4. The van der Waals surface area contributed by atoms with Crippen molar-refractivity contribution in [3.8, 4) is 0 Å². The van der Waals surface area contributed by atoms with Gasteiger partial charge in [-0.05, 0) is 111 Å². The number of rotatable bonds is 3. The zero-order valence-corrected chi connectivity index (χ0v) is 28.9. The second-order valence-corrected chi connectivity index (χ2v) is 15.1. The molecule has 1 aromatic carbocycles. The van der Waals surface area contributed by atoms with E-state index in [2.05, 4.69) is 45.9 Å². The quantitative estimate of drug-likeness (QED) is 0.414. The summed E-state index contributed by atoms with van der Waals surface area (Å²) in [4.78, 5) is 19.5. The molecule has 3 saturated heterocycles. The van der Waals surface area contributed by atoms with Crippen molar-refractivity contribution in [1.82, 2.24) is 9.88 Å². The standard InChI is InChI=1S/C34H45B2ClN2O6/c1-10-41-30(40)39-15-13-21(14-16-39)28-25-19-26(36-44-33(6,7)34(8,9)45-36)27(37)18-22(25)11-12-23-17-24(20-38-29(23)28)35-42-31(2,3)32(4,5)43-35/h17-20H,10-16H2,1-9H3. The number of amides is 1. The van der Waals surface area contributed by atoms with Crippen LogP contribution in [0.3, 0.4) is 0 Å². The summed E-state index contributed by atoms with van der Waals surface area (Å²) in [6.07, 6.45) is 4.67. The number of aromatic nitrogens is 1. The molecule has 0 N–H and O–H groups in total. The third-order valence-corrected chi connectivity index (χ3v) is 11.0. The molecule has 1 aliphatic carbocycles. The molecular weight excluding hydrogens is 589 g/mol. The number of carbonyl (C=O) groups excluding carboxylic acids is 1. The summed E-state index contributed by atoms with van der Waals surface area (Å²) in [6.45, 7) is 19.8. The number of ether oxygens (including phenoxy) is 1. The summed E-state index contributed by atoms with van der Waals surface area (Å²) < 4.78 is 31.0. The molecule has 3 fully saturated rings. The highest BCUT2D eigenvalue weighted by atomic mass is 35.5. The first-order chi connectivity index (χ1) is 21.0. The van der Waals surface area contributed by atoms with Crippen LogP contribution < -0.4 is 10.9 Å². The summed E-state index contributed by atoms with van der Waals surface area (Å²) in [6, 6.07) is 6.42. The summed E-state index contributed by atoms with van der Waals surface area (Å²) >= 11 is 6.99. The molecule has 0 saturated carbocycles. The molecule has 6 rings (SSSR count). The van der Waals surface area contributed by atoms with Gasteiger partial charge in [-0.25, -0.2) is 4.79 Å². The molecule has 11 heteroatoms. The van der Waals surface area contributed by atoms with E-state index in [0.29, 0.717) is 24.7 Å². The fourth-order valence-electron chi connectivity index (χ4n) is 6.45. The van der Waals surface area contributed by atoms with Gasteiger partial charge in [0.1, 0.15) is 0 Å². The first-order valence-corrected chi connectivity index (χ1v) is 16.6.